The van der Waals surface area contributed by atoms with E-state index in [1.165, 1.54) is 0 Å². The summed E-state index contributed by atoms with van der Waals surface area (Å²) in [4.78, 5) is 25.9. The lowest BCUT2D eigenvalue weighted by Crippen LogP contribution is -2.50. The number of likely N-dealkylation sites (tertiary alicyclic amines) is 1. The molecular formula is C14H17NO4S. The molecule has 0 saturated carbocycles. The molecular weight excluding hydrogens is 278 g/mol. The quantitative estimate of drug-likeness (QED) is 0.826. The predicted molar refractivity (Wildman–Crippen MR) is 75.9 cm³/mol. The van der Waals surface area contributed by atoms with Crippen molar-refractivity contribution in [2.45, 2.75) is 23.3 Å². The predicted octanol–water partition coefficient (Wildman–Crippen LogP) is 1.46. The molecule has 1 aromatic carbocycles. The van der Waals surface area contributed by atoms with Gasteiger partial charge in [-0.2, -0.15) is 0 Å². The van der Waals surface area contributed by atoms with Crippen molar-refractivity contribution in [3.8, 4) is 0 Å². The van der Waals surface area contributed by atoms with Crippen LogP contribution in [0.2, 0.25) is 0 Å². The standard InChI is InChI=1S/C14H17NO4S/c1-20-11-4-2-10(3-5-11)12(16)15-8-6-14(19,7-9-15)13(17)18/h2-5,19H,6-9H2,1H3,(H,17,18). The number of carbonyl (C=O) groups excluding carboxylic acids is 1. The molecule has 0 aromatic heterocycles. The SMILES string of the molecule is CSc1ccc(C(=O)N2CCC(O)(C(=O)O)CC2)cc1. The Hall–Kier alpha value is -1.53. The van der Waals surface area contributed by atoms with Crippen LogP contribution in [0.5, 0.6) is 0 Å². The van der Waals surface area contributed by atoms with Crippen LogP contribution in [0.3, 0.4) is 0 Å². The minimum absolute atomic E-state index is 0.0664. The summed E-state index contributed by atoms with van der Waals surface area (Å²) in [6, 6.07) is 7.31. The summed E-state index contributed by atoms with van der Waals surface area (Å²) in [7, 11) is 0. The highest BCUT2D eigenvalue weighted by atomic mass is 32.2. The zero-order valence-corrected chi connectivity index (χ0v) is 12.0. The Bertz CT molecular complexity index is 506. The molecule has 1 aliphatic rings. The molecule has 0 aliphatic carbocycles. The molecule has 0 unspecified atom stereocenters. The maximum atomic E-state index is 12.3. The Morgan fingerprint density at radius 1 is 1.20 bits per heavy atom. The van der Waals surface area contributed by atoms with Gasteiger partial charge in [-0.15, -0.1) is 11.8 Å². The van der Waals surface area contributed by atoms with E-state index < -0.39 is 11.6 Å². The van der Waals surface area contributed by atoms with Gasteiger partial charge in [0, 0.05) is 36.4 Å². The molecule has 1 fully saturated rings. The number of amides is 1. The first-order valence-electron chi connectivity index (χ1n) is 6.35. The largest absolute Gasteiger partial charge is 0.479 e. The molecule has 0 spiro atoms. The van der Waals surface area contributed by atoms with Crippen molar-refractivity contribution in [1.29, 1.82) is 0 Å². The highest BCUT2D eigenvalue weighted by molar-refractivity contribution is 7.98. The van der Waals surface area contributed by atoms with Gasteiger partial charge in [0.05, 0.1) is 0 Å². The normalized spacial score (nSPS) is 17.8. The second kappa shape index (κ2) is 5.85. The molecule has 1 aliphatic heterocycles. The fourth-order valence-electron chi connectivity index (χ4n) is 2.21. The zero-order valence-electron chi connectivity index (χ0n) is 11.2. The first-order chi connectivity index (χ1) is 9.46. The van der Waals surface area contributed by atoms with E-state index in [1.54, 1.807) is 28.8 Å². The number of thioether (sulfide) groups is 1. The van der Waals surface area contributed by atoms with Gasteiger partial charge >= 0.3 is 5.97 Å². The summed E-state index contributed by atoms with van der Waals surface area (Å²) < 4.78 is 0. The summed E-state index contributed by atoms with van der Waals surface area (Å²) in [5.41, 5.74) is -1.11. The van der Waals surface area contributed by atoms with Crippen LogP contribution in [-0.4, -0.2) is 51.9 Å². The van der Waals surface area contributed by atoms with Gasteiger partial charge < -0.3 is 15.1 Å². The van der Waals surface area contributed by atoms with E-state index in [9.17, 15) is 14.7 Å². The smallest absolute Gasteiger partial charge is 0.335 e. The maximum absolute atomic E-state index is 12.3. The lowest BCUT2D eigenvalue weighted by molar-refractivity contribution is -0.162. The molecule has 2 N–H and O–H groups in total. The minimum Gasteiger partial charge on any atom is -0.479 e. The fourth-order valence-corrected chi connectivity index (χ4v) is 2.62. The highest BCUT2D eigenvalue weighted by Crippen LogP contribution is 2.24. The van der Waals surface area contributed by atoms with Crippen LogP contribution in [0.25, 0.3) is 0 Å². The Kier molecular flexibility index (Phi) is 4.35. The molecule has 1 aromatic rings. The Morgan fingerprint density at radius 3 is 2.20 bits per heavy atom. The summed E-state index contributed by atoms with van der Waals surface area (Å²) in [6.45, 7) is 0.512. The first kappa shape index (κ1) is 14.9. The van der Waals surface area contributed by atoms with E-state index in [-0.39, 0.29) is 31.8 Å². The van der Waals surface area contributed by atoms with E-state index in [0.29, 0.717) is 5.56 Å². The van der Waals surface area contributed by atoms with Gasteiger partial charge in [-0.3, -0.25) is 4.79 Å². The molecule has 0 radical (unpaired) electrons. The van der Waals surface area contributed by atoms with Gasteiger partial charge in [0.15, 0.2) is 5.60 Å². The Balaban J connectivity index is 2.02. The number of aliphatic carboxylic acids is 1. The van der Waals surface area contributed by atoms with E-state index in [0.717, 1.165) is 4.90 Å². The summed E-state index contributed by atoms with van der Waals surface area (Å²) in [6.07, 6.45) is 2.10. The van der Waals surface area contributed by atoms with Crippen molar-refractivity contribution >= 4 is 23.6 Å². The average molecular weight is 295 g/mol. The van der Waals surface area contributed by atoms with Crippen LogP contribution in [0.1, 0.15) is 23.2 Å². The van der Waals surface area contributed by atoms with Gasteiger partial charge in [0.2, 0.25) is 0 Å². The van der Waals surface area contributed by atoms with E-state index in [2.05, 4.69) is 0 Å². The van der Waals surface area contributed by atoms with Gasteiger partial charge in [-0.1, -0.05) is 0 Å². The van der Waals surface area contributed by atoms with E-state index in [1.807, 2.05) is 18.4 Å². The molecule has 0 bridgehead atoms. The topological polar surface area (TPSA) is 77.8 Å². The Morgan fingerprint density at radius 2 is 1.75 bits per heavy atom. The third-order valence-corrected chi connectivity index (χ3v) is 4.36. The monoisotopic (exact) mass is 295 g/mol. The first-order valence-corrected chi connectivity index (χ1v) is 7.58. The number of hydrogen-bond donors (Lipinski definition) is 2. The number of nitrogens with zero attached hydrogens (tertiary/aromatic N) is 1. The van der Waals surface area contributed by atoms with Crippen LogP contribution in [0.4, 0.5) is 0 Å². The number of benzene rings is 1. The van der Waals surface area contributed by atoms with E-state index >= 15 is 0 Å². The van der Waals surface area contributed by atoms with Crippen LogP contribution >= 0.6 is 11.8 Å². The molecule has 0 atom stereocenters. The van der Waals surface area contributed by atoms with Crippen LogP contribution in [0.15, 0.2) is 29.2 Å². The molecule has 1 heterocycles. The molecule has 5 nitrogen and oxygen atoms in total. The van der Waals surface area contributed by atoms with Crippen molar-refractivity contribution in [2.75, 3.05) is 19.3 Å². The minimum atomic E-state index is -1.69. The number of carboxylic acid groups (broad SMARTS) is 1. The fraction of sp³-hybridized carbons (Fsp3) is 0.429. The second-order valence-corrected chi connectivity index (χ2v) is 5.74. The van der Waals surface area contributed by atoms with Crippen molar-refractivity contribution in [1.82, 2.24) is 4.90 Å². The van der Waals surface area contributed by atoms with Crippen molar-refractivity contribution in [3.63, 3.8) is 0 Å². The summed E-state index contributed by atoms with van der Waals surface area (Å²) >= 11 is 1.60. The molecule has 108 valence electrons. The maximum Gasteiger partial charge on any atom is 0.335 e. The number of rotatable bonds is 3. The molecule has 2 rings (SSSR count). The van der Waals surface area contributed by atoms with Crippen molar-refractivity contribution in [3.05, 3.63) is 29.8 Å². The summed E-state index contributed by atoms with van der Waals surface area (Å²) in [5.74, 6) is -1.33. The number of carbonyl (C=O) groups is 2. The Labute approximate surface area is 121 Å². The van der Waals surface area contributed by atoms with Crippen molar-refractivity contribution < 1.29 is 19.8 Å². The van der Waals surface area contributed by atoms with Crippen molar-refractivity contribution in [2.24, 2.45) is 0 Å². The summed E-state index contributed by atoms with van der Waals surface area (Å²) in [5, 5.41) is 18.8. The lowest BCUT2D eigenvalue weighted by Gasteiger charge is -2.35. The second-order valence-electron chi connectivity index (χ2n) is 4.86. The van der Waals surface area contributed by atoms with Gasteiger partial charge in [0.1, 0.15) is 0 Å². The molecule has 1 amide bonds. The van der Waals surface area contributed by atoms with Gasteiger partial charge in [-0.05, 0) is 30.5 Å². The third-order valence-electron chi connectivity index (χ3n) is 3.61. The molecule has 6 heteroatoms. The van der Waals surface area contributed by atoms with Crippen LogP contribution in [-0.2, 0) is 4.79 Å². The number of piperidine rings is 1. The molecule has 20 heavy (non-hydrogen) atoms. The van der Waals surface area contributed by atoms with E-state index in [4.69, 9.17) is 5.11 Å². The number of carboxylic acids is 1. The third kappa shape index (κ3) is 2.96. The van der Waals surface area contributed by atoms with Gasteiger partial charge in [-0.25, -0.2) is 4.79 Å². The molecule has 1 saturated heterocycles. The lowest BCUT2D eigenvalue weighted by atomic mass is 9.91. The van der Waals surface area contributed by atoms with Crippen LogP contribution in [0, 0.1) is 0 Å². The number of hydrogen-bond acceptors (Lipinski definition) is 4. The zero-order chi connectivity index (χ0) is 14.8. The van der Waals surface area contributed by atoms with Gasteiger partial charge in [0.25, 0.3) is 5.91 Å². The van der Waals surface area contributed by atoms with Crippen LogP contribution < -0.4 is 0 Å². The number of aliphatic hydroxyl groups is 1. The highest BCUT2D eigenvalue weighted by Gasteiger charge is 2.40. The average Bonchev–Trinajstić information content (AvgIpc) is 2.47.